The van der Waals surface area contributed by atoms with Gasteiger partial charge in [-0.15, -0.1) is 10.2 Å². The lowest BCUT2D eigenvalue weighted by Gasteiger charge is -2.00. The second-order valence-corrected chi connectivity index (χ2v) is 7.67. The quantitative estimate of drug-likeness (QED) is 0.372. The molecule has 0 unspecified atom stereocenters. The Kier molecular flexibility index (Phi) is 5.07. The van der Waals surface area contributed by atoms with Gasteiger partial charge in [0.2, 0.25) is 5.13 Å². The molecule has 0 atom stereocenters. The van der Waals surface area contributed by atoms with Crippen molar-refractivity contribution < 1.29 is 13.9 Å². The number of thioether (sulfide) groups is 1. The molecule has 0 saturated heterocycles. The number of imidazole rings is 1. The Morgan fingerprint density at radius 2 is 2.30 bits per heavy atom. The zero-order chi connectivity index (χ0) is 18.6. The van der Waals surface area contributed by atoms with Crippen molar-refractivity contribution in [3.63, 3.8) is 0 Å². The number of nitrogens with one attached hydrogen (secondary N) is 1. The second kappa shape index (κ2) is 7.80. The van der Waals surface area contributed by atoms with E-state index >= 15 is 0 Å². The predicted octanol–water partition coefficient (Wildman–Crippen LogP) is 3.47. The molecule has 0 aliphatic carbocycles. The van der Waals surface area contributed by atoms with Crippen LogP contribution in [0.15, 0.2) is 51.7 Å². The molecule has 0 bridgehead atoms. The van der Waals surface area contributed by atoms with Crippen molar-refractivity contribution in [2.24, 2.45) is 0 Å². The highest BCUT2D eigenvalue weighted by molar-refractivity contribution is 8.00. The van der Waals surface area contributed by atoms with Gasteiger partial charge in [-0.2, -0.15) is 0 Å². The fourth-order valence-electron chi connectivity index (χ4n) is 2.45. The Labute approximate surface area is 162 Å². The topological polar surface area (TPSA) is 94.5 Å². The maximum atomic E-state index is 11.9. The highest BCUT2D eigenvalue weighted by Gasteiger charge is 2.14. The van der Waals surface area contributed by atoms with Crippen molar-refractivity contribution in [1.29, 1.82) is 0 Å². The van der Waals surface area contributed by atoms with Crippen LogP contribution in [-0.4, -0.2) is 32.7 Å². The standard InChI is InChI=1S/C17H15N5O3S2/c1-24-15(23)13-5-2-6-22-9-11(19-14(13)22)10-26-17-21-20-16(27-17)18-8-12-4-3-7-25-12/h2-7,9H,8,10H2,1H3,(H,18,20). The Morgan fingerprint density at radius 1 is 1.37 bits per heavy atom. The lowest BCUT2D eigenvalue weighted by atomic mass is 10.3. The van der Waals surface area contributed by atoms with E-state index in [4.69, 9.17) is 9.15 Å². The van der Waals surface area contributed by atoms with Crippen LogP contribution in [0.5, 0.6) is 0 Å². The van der Waals surface area contributed by atoms with Crippen LogP contribution in [0.3, 0.4) is 0 Å². The average molecular weight is 401 g/mol. The summed E-state index contributed by atoms with van der Waals surface area (Å²) in [5, 5.41) is 12.2. The number of ether oxygens (including phenoxy) is 1. The van der Waals surface area contributed by atoms with Crippen molar-refractivity contribution in [2.45, 2.75) is 16.6 Å². The van der Waals surface area contributed by atoms with Gasteiger partial charge in [-0.25, -0.2) is 9.78 Å². The molecule has 4 heterocycles. The maximum Gasteiger partial charge on any atom is 0.341 e. The highest BCUT2D eigenvalue weighted by Crippen LogP contribution is 2.28. The number of esters is 1. The van der Waals surface area contributed by atoms with Crippen LogP contribution < -0.4 is 5.32 Å². The lowest BCUT2D eigenvalue weighted by molar-refractivity contribution is 0.0602. The number of carbonyl (C=O) groups is 1. The van der Waals surface area contributed by atoms with Gasteiger partial charge in [-0.05, 0) is 24.3 Å². The zero-order valence-electron chi connectivity index (χ0n) is 14.3. The molecule has 10 heteroatoms. The summed E-state index contributed by atoms with van der Waals surface area (Å²) in [4.78, 5) is 16.4. The number of carbonyl (C=O) groups excluding carboxylic acids is 1. The molecule has 0 aromatic carbocycles. The summed E-state index contributed by atoms with van der Waals surface area (Å²) in [6.07, 6.45) is 5.38. The van der Waals surface area contributed by atoms with Crippen LogP contribution in [-0.2, 0) is 17.0 Å². The number of rotatable bonds is 7. The molecule has 0 saturated carbocycles. The Morgan fingerprint density at radius 3 is 3.11 bits per heavy atom. The Bertz CT molecular complexity index is 1060. The third-order valence-corrected chi connectivity index (χ3v) is 5.73. The van der Waals surface area contributed by atoms with Crippen LogP contribution >= 0.6 is 23.1 Å². The van der Waals surface area contributed by atoms with E-state index in [0.29, 0.717) is 23.5 Å². The lowest BCUT2D eigenvalue weighted by Crippen LogP contribution is -2.03. The average Bonchev–Trinajstić information content (AvgIpc) is 3.43. The smallest absolute Gasteiger partial charge is 0.341 e. The number of nitrogens with zero attached hydrogens (tertiary/aromatic N) is 4. The first-order valence-electron chi connectivity index (χ1n) is 8.00. The molecule has 0 aliphatic heterocycles. The van der Waals surface area contributed by atoms with E-state index in [0.717, 1.165) is 20.9 Å². The minimum atomic E-state index is -0.401. The Hall–Kier alpha value is -2.85. The van der Waals surface area contributed by atoms with Crippen molar-refractivity contribution in [3.8, 4) is 0 Å². The molecule has 1 N–H and O–H groups in total. The first kappa shape index (κ1) is 17.6. The van der Waals surface area contributed by atoms with E-state index < -0.39 is 5.97 Å². The van der Waals surface area contributed by atoms with Gasteiger partial charge in [0.25, 0.3) is 0 Å². The van der Waals surface area contributed by atoms with E-state index in [2.05, 4.69) is 20.5 Å². The first-order valence-corrected chi connectivity index (χ1v) is 9.80. The number of hydrogen-bond donors (Lipinski definition) is 1. The largest absolute Gasteiger partial charge is 0.467 e. The summed E-state index contributed by atoms with van der Waals surface area (Å²) in [6.45, 7) is 0.565. The molecule has 0 radical (unpaired) electrons. The van der Waals surface area contributed by atoms with E-state index in [1.807, 2.05) is 28.9 Å². The molecular weight excluding hydrogens is 386 g/mol. The minimum Gasteiger partial charge on any atom is -0.467 e. The normalized spacial score (nSPS) is 11.0. The van der Waals surface area contributed by atoms with E-state index in [9.17, 15) is 4.79 Å². The van der Waals surface area contributed by atoms with Gasteiger partial charge in [-0.3, -0.25) is 0 Å². The first-order chi connectivity index (χ1) is 13.2. The van der Waals surface area contributed by atoms with Crippen LogP contribution in [0.2, 0.25) is 0 Å². The molecule has 0 fully saturated rings. The summed E-state index contributed by atoms with van der Waals surface area (Å²) in [6, 6.07) is 7.24. The third kappa shape index (κ3) is 3.96. The number of anilines is 1. The number of methoxy groups -OCH3 is 1. The fraction of sp³-hybridized carbons (Fsp3) is 0.176. The Balaban J connectivity index is 1.41. The molecule has 8 nitrogen and oxygen atoms in total. The number of furan rings is 1. The van der Waals surface area contributed by atoms with Crippen molar-refractivity contribution in [2.75, 3.05) is 12.4 Å². The predicted molar refractivity (Wildman–Crippen MR) is 102 cm³/mol. The SMILES string of the molecule is COC(=O)c1cccn2cc(CSc3nnc(NCc4ccco4)s3)nc12. The molecule has 0 amide bonds. The molecule has 0 spiro atoms. The van der Waals surface area contributed by atoms with Crippen LogP contribution in [0, 0.1) is 0 Å². The minimum absolute atomic E-state index is 0.401. The third-order valence-electron chi connectivity index (χ3n) is 3.68. The molecule has 4 aromatic heterocycles. The summed E-state index contributed by atoms with van der Waals surface area (Å²) < 4.78 is 12.7. The van der Waals surface area contributed by atoms with Crippen molar-refractivity contribution >= 4 is 39.8 Å². The summed E-state index contributed by atoms with van der Waals surface area (Å²) in [5.41, 5.74) is 1.87. The summed E-state index contributed by atoms with van der Waals surface area (Å²) in [7, 11) is 1.36. The molecule has 138 valence electrons. The molecule has 4 aromatic rings. The maximum absolute atomic E-state index is 11.9. The van der Waals surface area contributed by atoms with E-state index in [1.54, 1.807) is 30.2 Å². The second-order valence-electron chi connectivity index (χ2n) is 5.47. The molecule has 27 heavy (non-hydrogen) atoms. The van der Waals surface area contributed by atoms with Gasteiger partial charge in [-0.1, -0.05) is 23.1 Å². The summed E-state index contributed by atoms with van der Waals surface area (Å²) in [5.74, 6) is 1.06. The fourth-order valence-corrected chi connectivity index (χ4v) is 4.09. The van der Waals surface area contributed by atoms with Crippen LogP contribution in [0.25, 0.3) is 5.65 Å². The monoisotopic (exact) mass is 401 g/mol. The summed E-state index contributed by atoms with van der Waals surface area (Å²) >= 11 is 3.01. The van der Waals surface area contributed by atoms with Gasteiger partial charge in [0, 0.05) is 18.1 Å². The van der Waals surface area contributed by atoms with E-state index in [1.165, 1.54) is 18.4 Å². The van der Waals surface area contributed by atoms with Gasteiger partial charge >= 0.3 is 5.97 Å². The number of aromatic nitrogens is 4. The van der Waals surface area contributed by atoms with Gasteiger partial charge in [0.1, 0.15) is 11.3 Å². The van der Waals surface area contributed by atoms with Gasteiger partial charge in [0.15, 0.2) is 9.99 Å². The van der Waals surface area contributed by atoms with Crippen molar-refractivity contribution in [1.82, 2.24) is 19.6 Å². The van der Waals surface area contributed by atoms with Gasteiger partial charge < -0.3 is 18.9 Å². The van der Waals surface area contributed by atoms with E-state index in [-0.39, 0.29) is 0 Å². The number of hydrogen-bond acceptors (Lipinski definition) is 9. The van der Waals surface area contributed by atoms with Crippen LogP contribution in [0.4, 0.5) is 5.13 Å². The number of fused-ring (bicyclic) bond motifs is 1. The highest BCUT2D eigenvalue weighted by atomic mass is 32.2. The zero-order valence-corrected chi connectivity index (χ0v) is 15.9. The molecule has 0 aliphatic rings. The van der Waals surface area contributed by atoms with Crippen LogP contribution in [0.1, 0.15) is 21.8 Å². The van der Waals surface area contributed by atoms with Gasteiger partial charge in [0.05, 0.1) is 25.6 Å². The van der Waals surface area contributed by atoms with Crippen molar-refractivity contribution in [3.05, 3.63) is 59.9 Å². The molecule has 4 rings (SSSR count). The number of pyridine rings is 1. The molecular formula is C17H15N5O3S2.